The summed E-state index contributed by atoms with van der Waals surface area (Å²) in [5.74, 6) is 2.53. The Balaban J connectivity index is 1.73. The van der Waals surface area contributed by atoms with Gasteiger partial charge in [-0.2, -0.15) is 0 Å². The topological polar surface area (TPSA) is 41.1 Å². The molecule has 0 spiro atoms. The van der Waals surface area contributed by atoms with Crippen molar-refractivity contribution in [2.75, 3.05) is 13.1 Å². The molecule has 1 atom stereocenters. The molecule has 2 saturated carbocycles. The van der Waals surface area contributed by atoms with Crippen molar-refractivity contribution in [2.24, 2.45) is 17.8 Å². The maximum Gasteiger partial charge on any atom is 0.237 e. The molecule has 3 fully saturated rings. The van der Waals surface area contributed by atoms with E-state index >= 15 is 0 Å². The molecule has 3 heteroatoms. The molecule has 2 N–H and O–H groups in total. The Morgan fingerprint density at radius 1 is 0.941 bits per heavy atom. The molecular formula is C14H24N2O. The summed E-state index contributed by atoms with van der Waals surface area (Å²) in [7, 11) is 0. The molecule has 0 radical (unpaired) electrons. The lowest BCUT2D eigenvalue weighted by molar-refractivity contribution is -0.126. The van der Waals surface area contributed by atoms with E-state index in [0.717, 1.165) is 31.3 Å². The van der Waals surface area contributed by atoms with Crippen molar-refractivity contribution in [3.63, 3.8) is 0 Å². The second-order valence-corrected chi connectivity index (χ2v) is 6.04. The lowest BCUT2D eigenvalue weighted by Gasteiger charge is -2.45. The SMILES string of the molecule is O=C1NCCCNC1C(C1CCC1)C1CCC1. The van der Waals surface area contributed by atoms with Crippen LogP contribution < -0.4 is 10.6 Å². The minimum Gasteiger partial charge on any atom is -0.355 e. The van der Waals surface area contributed by atoms with Crippen molar-refractivity contribution < 1.29 is 4.79 Å². The first-order chi connectivity index (χ1) is 8.36. The fraction of sp³-hybridized carbons (Fsp3) is 0.929. The highest BCUT2D eigenvalue weighted by Gasteiger charge is 2.43. The molecule has 1 heterocycles. The van der Waals surface area contributed by atoms with Gasteiger partial charge in [0, 0.05) is 6.54 Å². The van der Waals surface area contributed by atoms with Crippen LogP contribution in [0.4, 0.5) is 0 Å². The highest BCUT2D eigenvalue weighted by Crippen LogP contribution is 2.46. The minimum atomic E-state index is 0.105. The zero-order valence-corrected chi connectivity index (χ0v) is 10.6. The van der Waals surface area contributed by atoms with Crippen LogP contribution >= 0.6 is 0 Å². The molecule has 17 heavy (non-hydrogen) atoms. The maximum absolute atomic E-state index is 12.2. The van der Waals surface area contributed by atoms with E-state index in [1.54, 1.807) is 0 Å². The molecule has 3 nitrogen and oxygen atoms in total. The van der Waals surface area contributed by atoms with E-state index < -0.39 is 0 Å². The second-order valence-electron chi connectivity index (χ2n) is 6.04. The van der Waals surface area contributed by atoms with Crippen LogP contribution in [0.2, 0.25) is 0 Å². The van der Waals surface area contributed by atoms with E-state index in [-0.39, 0.29) is 11.9 Å². The van der Waals surface area contributed by atoms with Gasteiger partial charge in [-0.15, -0.1) is 0 Å². The third-order valence-electron chi connectivity index (χ3n) is 5.07. The molecule has 1 unspecified atom stereocenters. The summed E-state index contributed by atoms with van der Waals surface area (Å²) in [6.07, 6.45) is 9.24. The zero-order chi connectivity index (χ0) is 11.7. The van der Waals surface area contributed by atoms with Crippen molar-refractivity contribution in [1.82, 2.24) is 10.6 Å². The van der Waals surface area contributed by atoms with E-state index in [2.05, 4.69) is 10.6 Å². The monoisotopic (exact) mass is 236 g/mol. The Labute approximate surface area is 104 Å². The Morgan fingerprint density at radius 2 is 1.59 bits per heavy atom. The second kappa shape index (κ2) is 4.97. The Bertz CT molecular complexity index is 270. The third-order valence-corrected chi connectivity index (χ3v) is 5.07. The average Bonchev–Trinajstić information content (AvgIpc) is 2.36. The van der Waals surface area contributed by atoms with Gasteiger partial charge in [0.25, 0.3) is 0 Å². The van der Waals surface area contributed by atoms with Gasteiger partial charge in [0.15, 0.2) is 0 Å². The fourth-order valence-electron chi connectivity index (χ4n) is 3.65. The maximum atomic E-state index is 12.2. The van der Waals surface area contributed by atoms with Crippen molar-refractivity contribution in [2.45, 2.75) is 51.0 Å². The first kappa shape index (κ1) is 11.5. The van der Waals surface area contributed by atoms with E-state index in [0.29, 0.717) is 5.92 Å². The first-order valence-electron chi connectivity index (χ1n) is 7.37. The van der Waals surface area contributed by atoms with E-state index in [9.17, 15) is 4.79 Å². The highest BCUT2D eigenvalue weighted by atomic mass is 16.2. The van der Waals surface area contributed by atoms with Crippen LogP contribution in [-0.4, -0.2) is 25.0 Å². The predicted molar refractivity (Wildman–Crippen MR) is 67.6 cm³/mol. The molecule has 0 aromatic heterocycles. The lowest BCUT2D eigenvalue weighted by atomic mass is 9.62. The average molecular weight is 236 g/mol. The summed E-state index contributed by atoms with van der Waals surface area (Å²) in [5, 5.41) is 6.60. The molecule has 0 aromatic carbocycles. The van der Waals surface area contributed by atoms with Crippen molar-refractivity contribution in [3.05, 3.63) is 0 Å². The normalized spacial score (nSPS) is 31.6. The Morgan fingerprint density at radius 3 is 2.12 bits per heavy atom. The Hall–Kier alpha value is -0.570. The molecule has 96 valence electrons. The van der Waals surface area contributed by atoms with Gasteiger partial charge >= 0.3 is 0 Å². The minimum absolute atomic E-state index is 0.105. The van der Waals surface area contributed by atoms with Gasteiger partial charge in [0.05, 0.1) is 6.04 Å². The van der Waals surface area contributed by atoms with Crippen molar-refractivity contribution in [3.8, 4) is 0 Å². The largest absolute Gasteiger partial charge is 0.355 e. The van der Waals surface area contributed by atoms with Crippen LogP contribution in [0.25, 0.3) is 0 Å². The number of carbonyl (C=O) groups is 1. The number of nitrogens with one attached hydrogen (secondary N) is 2. The molecule has 1 aliphatic heterocycles. The van der Waals surface area contributed by atoms with Crippen LogP contribution in [0.5, 0.6) is 0 Å². The molecule has 0 aromatic rings. The molecule has 3 aliphatic rings. The van der Waals surface area contributed by atoms with Gasteiger partial charge in [-0.3, -0.25) is 4.79 Å². The summed E-state index contributed by atoms with van der Waals surface area (Å²) in [4.78, 5) is 12.2. The van der Waals surface area contributed by atoms with Gasteiger partial charge in [-0.1, -0.05) is 38.5 Å². The van der Waals surface area contributed by atoms with Gasteiger partial charge in [0.2, 0.25) is 5.91 Å². The predicted octanol–water partition coefficient (Wildman–Crippen LogP) is 1.68. The van der Waals surface area contributed by atoms with Gasteiger partial charge in [-0.05, 0) is 30.7 Å². The van der Waals surface area contributed by atoms with E-state index in [1.807, 2.05) is 0 Å². The number of rotatable bonds is 3. The molecular weight excluding hydrogens is 212 g/mol. The fourth-order valence-corrected chi connectivity index (χ4v) is 3.65. The van der Waals surface area contributed by atoms with E-state index in [1.165, 1.54) is 38.5 Å². The summed E-state index contributed by atoms with van der Waals surface area (Å²) < 4.78 is 0. The van der Waals surface area contributed by atoms with Crippen LogP contribution in [0.3, 0.4) is 0 Å². The van der Waals surface area contributed by atoms with Crippen molar-refractivity contribution in [1.29, 1.82) is 0 Å². The molecule has 3 rings (SSSR count). The molecule has 1 amide bonds. The van der Waals surface area contributed by atoms with Gasteiger partial charge in [-0.25, -0.2) is 0 Å². The summed E-state index contributed by atoms with van der Waals surface area (Å²) in [6.45, 7) is 1.85. The molecule has 2 aliphatic carbocycles. The van der Waals surface area contributed by atoms with E-state index in [4.69, 9.17) is 0 Å². The number of hydrogen-bond donors (Lipinski definition) is 2. The summed E-state index contributed by atoms with van der Waals surface area (Å²) in [5.41, 5.74) is 0. The molecule has 1 saturated heterocycles. The van der Waals surface area contributed by atoms with Crippen LogP contribution in [-0.2, 0) is 4.79 Å². The zero-order valence-electron chi connectivity index (χ0n) is 10.6. The summed E-state index contributed by atoms with van der Waals surface area (Å²) in [6, 6.07) is 0.105. The standard InChI is InChI=1S/C14H24N2O/c17-14-13(15-8-3-9-16-14)12(10-4-1-5-10)11-6-2-7-11/h10-13,15H,1-9H2,(H,16,17). The quantitative estimate of drug-likeness (QED) is 0.783. The first-order valence-corrected chi connectivity index (χ1v) is 7.37. The van der Waals surface area contributed by atoms with Gasteiger partial charge < -0.3 is 10.6 Å². The highest BCUT2D eigenvalue weighted by molar-refractivity contribution is 5.82. The number of amides is 1. The lowest BCUT2D eigenvalue weighted by Crippen LogP contribution is -2.53. The van der Waals surface area contributed by atoms with Gasteiger partial charge in [0.1, 0.15) is 0 Å². The summed E-state index contributed by atoms with van der Waals surface area (Å²) >= 11 is 0. The van der Waals surface area contributed by atoms with Crippen LogP contribution in [0, 0.1) is 17.8 Å². The third kappa shape index (κ3) is 2.22. The van der Waals surface area contributed by atoms with Crippen LogP contribution in [0.1, 0.15) is 44.9 Å². The number of carbonyl (C=O) groups excluding carboxylic acids is 1. The van der Waals surface area contributed by atoms with Crippen molar-refractivity contribution >= 4 is 5.91 Å². The Kier molecular flexibility index (Phi) is 3.37. The van der Waals surface area contributed by atoms with Crippen LogP contribution in [0.15, 0.2) is 0 Å². The number of hydrogen-bond acceptors (Lipinski definition) is 2. The smallest absolute Gasteiger partial charge is 0.237 e. The molecule has 0 bridgehead atoms.